The van der Waals surface area contributed by atoms with Crippen molar-refractivity contribution in [3.63, 3.8) is 0 Å². The number of aryl methyl sites for hydroxylation is 2. The molecule has 0 bridgehead atoms. The fourth-order valence-electron chi connectivity index (χ4n) is 5.54. The van der Waals surface area contributed by atoms with E-state index in [2.05, 4.69) is 6.92 Å². The van der Waals surface area contributed by atoms with Gasteiger partial charge in [-0.3, -0.25) is 0 Å². The maximum absolute atomic E-state index is 13.4. The number of benzene rings is 2. The van der Waals surface area contributed by atoms with E-state index < -0.39 is 20.0 Å². The summed E-state index contributed by atoms with van der Waals surface area (Å²) < 4.78 is 56.5. The molecule has 6 nitrogen and oxygen atoms in total. The maximum Gasteiger partial charge on any atom is 0.243 e. The minimum absolute atomic E-state index is 0.162. The Morgan fingerprint density at radius 3 is 1.85 bits per heavy atom. The smallest absolute Gasteiger partial charge is 0.207 e. The summed E-state index contributed by atoms with van der Waals surface area (Å²) in [6, 6.07) is 13.9. The topological polar surface area (TPSA) is 74.8 Å². The zero-order valence-electron chi connectivity index (χ0n) is 19.3. The van der Waals surface area contributed by atoms with Gasteiger partial charge in [0.15, 0.2) is 0 Å². The van der Waals surface area contributed by atoms with E-state index in [-0.39, 0.29) is 11.3 Å². The zero-order chi connectivity index (χ0) is 23.6. The minimum atomic E-state index is -3.60. The molecule has 2 heterocycles. The van der Waals surface area contributed by atoms with Crippen molar-refractivity contribution in [2.75, 3.05) is 26.2 Å². The molecule has 1 aliphatic carbocycles. The van der Waals surface area contributed by atoms with Gasteiger partial charge in [-0.2, -0.15) is 8.61 Å². The van der Waals surface area contributed by atoms with E-state index >= 15 is 0 Å². The Morgan fingerprint density at radius 1 is 0.788 bits per heavy atom. The van der Waals surface area contributed by atoms with Crippen molar-refractivity contribution in [2.24, 2.45) is 11.3 Å². The van der Waals surface area contributed by atoms with Crippen LogP contribution in [0.15, 0.2) is 69.5 Å². The van der Waals surface area contributed by atoms with Crippen LogP contribution in [0.5, 0.6) is 0 Å². The first-order valence-electron chi connectivity index (χ1n) is 11.4. The third-order valence-electron chi connectivity index (χ3n) is 7.60. The lowest BCUT2D eigenvalue weighted by Gasteiger charge is -2.34. The van der Waals surface area contributed by atoms with Crippen LogP contribution in [0.3, 0.4) is 0 Å². The van der Waals surface area contributed by atoms with E-state index in [0.29, 0.717) is 36.0 Å². The lowest BCUT2D eigenvalue weighted by atomic mass is 9.70. The lowest BCUT2D eigenvalue weighted by molar-refractivity contribution is 0.304. The highest BCUT2D eigenvalue weighted by Crippen LogP contribution is 2.51. The quantitative estimate of drug-likeness (QED) is 0.618. The maximum atomic E-state index is 13.4. The van der Waals surface area contributed by atoms with Crippen molar-refractivity contribution in [1.29, 1.82) is 0 Å². The van der Waals surface area contributed by atoms with Crippen LogP contribution >= 0.6 is 0 Å². The van der Waals surface area contributed by atoms with Crippen LogP contribution in [0.2, 0.25) is 0 Å². The van der Waals surface area contributed by atoms with Gasteiger partial charge < -0.3 is 0 Å². The van der Waals surface area contributed by atoms with Crippen LogP contribution in [0, 0.1) is 25.2 Å². The molecule has 0 unspecified atom stereocenters. The van der Waals surface area contributed by atoms with Crippen LogP contribution < -0.4 is 0 Å². The van der Waals surface area contributed by atoms with E-state index in [1.807, 2.05) is 38.1 Å². The van der Waals surface area contributed by atoms with Gasteiger partial charge in [0.05, 0.1) is 9.79 Å². The molecule has 0 saturated carbocycles. The molecule has 2 aliphatic heterocycles. The van der Waals surface area contributed by atoms with Crippen molar-refractivity contribution >= 4 is 20.0 Å². The highest BCUT2D eigenvalue weighted by molar-refractivity contribution is 7.89. The number of rotatable bonds is 4. The summed E-state index contributed by atoms with van der Waals surface area (Å²) in [4.78, 5) is 0.627. The van der Waals surface area contributed by atoms with Gasteiger partial charge in [0.2, 0.25) is 20.0 Å². The summed E-state index contributed by atoms with van der Waals surface area (Å²) in [5.74, 6) is 0.162. The van der Waals surface area contributed by atoms with Crippen LogP contribution in [-0.4, -0.2) is 51.6 Å². The molecule has 0 radical (unpaired) electrons. The Labute approximate surface area is 197 Å². The molecular formula is C25H30N2O4S2. The number of nitrogens with zero attached hydrogens (tertiary/aromatic N) is 2. The number of hydrogen-bond acceptors (Lipinski definition) is 4. The summed E-state index contributed by atoms with van der Waals surface area (Å²) in [7, 11) is -7.19. The molecule has 3 aliphatic rings. The van der Waals surface area contributed by atoms with Gasteiger partial charge >= 0.3 is 0 Å². The molecule has 2 aromatic rings. The fourth-order valence-corrected chi connectivity index (χ4v) is 8.53. The molecule has 2 aromatic carbocycles. The van der Waals surface area contributed by atoms with Gasteiger partial charge in [-0.15, -0.1) is 0 Å². The first-order valence-corrected chi connectivity index (χ1v) is 14.2. The summed E-state index contributed by atoms with van der Waals surface area (Å²) in [6.07, 6.45) is 1.75. The third kappa shape index (κ3) is 3.77. The molecule has 2 atom stereocenters. The molecule has 0 N–H and O–H groups in total. The molecule has 2 fully saturated rings. The predicted octanol–water partition coefficient (Wildman–Crippen LogP) is 3.73. The Balaban J connectivity index is 1.46. The highest BCUT2D eigenvalue weighted by Gasteiger charge is 2.50. The van der Waals surface area contributed by atoms with E-state index in [1.165, 1.54) is 0 Å². The van der Waals surface area contributed by atoms with Gasteiger partial charge in [0.25, 0.3) is 0 Å². The van der Waals surface area contributed by atoms with Crippen molar-refractivity contribution in [3.8, 4) is 0 Å². The van der Waals surface area contributed by atoms with Gasteiger partial charge in [0, 0.05) is 31.6 Å². The lowest BCUT2D eigenvalue weighted by Crippen LogP contribution is -2.32. The van der Waals surface area contributed by atoms with Crippen molar-refractivity contribution in [1.82, 2.24) is 8.61 Å². The van der Waals surface area contributed by atoms with E-state index in [1.54, 1.807) is 32.9 Å². The normalized spacial score (nSPS) is 26.5. The van der Waals surface area contributed by atoms with Crippen molar-refractivity contribution in [3.05, 3.63) is 70.8 Å². The van der Waals surface area contributed by atoms with E-state index in [4.69, 9.17) is 0 Å². The van der Waals surface area contributed by atoms with Gasteiger partial charge in [0.1, 0.15) is 0 Å². The Morgan fingerprint density at radius 2 is 1.30 bits per heavy atom. The van der Waals surface area contributed by atoms with Crippen LogP contribution in [0.1, 0.15) is 30.9 Å². The van der Waals surface area contributed by atoms with Gasteiger partial charge in [-0.25, -0.2) is 16.8 Å². The summed E-state index contributed by atoms with van der Waals surface area (Å²) in [5, 5.41) is 0. The van der Waals surface area contributed by atoms with Crippen molar-refractivity contribution < 1.29 is 16.8 Å². The highest BCUT2D eigenvalue weighted by atomic mass is 32.2. The second-order valence-electron chi connectivity index (χ2n) is 10.00. The summed E-state index contributed by atoms with van der Waals surface area (Å²) in [6.45, 7) is 7.61. The summed E-state index contributed by atoms with van der Waals surface area (Å²) in [5.41, 5.74) is 4.04. The standard InChI is InChI=1S/C25H30N2O4S2/c1-18-4-8-21(9-5-18)32(28,29)26-14-20-12-13-25(3)17-27(16-24(25)23(20)15-26)33(30,31)22-10-6-19(2)7-11-22/h4-11,20H,12-17H2,1-3H3/t20-,25+/m1/s1. The third-order valence-corrected chi connectivity index (χ3v) is 11.2. The SMILES string of the molecule is Cc1ccc(S(=O)(=O)N2CC3=C4CN(S(=O)(=O)c5ccc(C)cc5)C[C@]4(C)CC[C@@H]3C2)cc1. The predicted molar refractivity (Wildman–Crippen MR) is 128 cm³/mol. The zero-order valence-corrected chi connectivity index (χ0v) is 20.9. The average molecular weight is 487 g/mol. The van der Waals surface area contributed by atoms with E-state index in [9.17, 15) is 16.8 Å². The summed E-state index contributed by atoms with van der Waals surface area (Å²) >= 11 is 0. The number of sulfonamides is 2. The molecule has 8 heteroatoms. The molecule has 0 spiro atoms. The molecular weight excluding hydrogens is 456 g/mol. The van der Waals surface area contributed by atoms with Gasteiger partial charge in [-0.1, -0.05) is 42.3 Å². The number of hydrogen-bond donors (Lipinski definition) is 0. The molecule has 5 rings (SSSR count). The van der Waals surface area contributed by atoms with Crippen molar-refractivity contribution in [2.45, 2.75) is 43.4 Å². The molecule has 176 valence electrons. The average Bonchev–Trinajstić information content (AvgIpc) is 3.36. The van der Waals surface area contributed by atoms with Crippen LogP contribution in [-0.2, 0) is 20.0 Å². The monoisotopic (exact) mass is 486 g/mol. The number of fused-ring (bicyclic) bond motifs is 2. The van der Waals surface area contributed by atoms with Gasteiger partial charge in [-0.05, 0) is 68.0 Å². The molecule has 33 heavy (non-hydrogen) atoms. The first kappa shape index (κ1) is 22.8. The Hall–Kier alpha value is -2.00. The molecule has 0 aromatic heterocycles. The molecule has 2 saturated heterocycles. The second kappa shape index (κ2) is 7.77. The Kier molecular flexibility index (Phi) is 5.36. The molecule has 0 amide bonds. The van der Waals surface area contributed by atoms with Crippen LogP contribution in [0.4, 0.5) is 0 Å². The fraction of sp³-hybridized carbons (Fsp3) is 0.440. The largest absolute Gasteiger partial charge is 0.243 e. The Bertz CT molecular complexity index is 1330. The van der Waals surface area contributed by atoms with Crippen LogP contribution in [0.25, 0.3) is 0 Å². The minimum Gasteiger partial charge on any atom is -0.207 e. The van der Waals surface area contributed by atoms with E-state index in [0.717, 1.165) is 35.1 Å². The first-order chi connectivity index (χ1) is 15.5. The second-order valence-corrected chi connectivity index (χ2v) is 13.9.